The molecule has 4 heteroatoms. The third-order valence-corrected chi connectivity index (χ3v) is 5.80. The number of nitrogens with zero attached hydrogens (tertiary/aromatic N) is 2. The fraction of sp³-hybridized carbons (Fsp3) is 0.812. The topological polar surface area (TPSA) is 43.8 Å². The molecule has 20 heavy (non-hydrogen) atoms. The molecule has 2 rings (SSSR count). The minimum Gasteiger partial charge on any atom is -0.327 e. The molecule has 3 atom stereocenters. The maximum Gasteiger partial charge on any atom is 0.0766 e. The first-order chi connectivity index (χ1) is 9.60. The highest BCUT2D eigenvalue weighted by molar-refractivity contribution is 9.10. The highest BCUT2D eigenvalue weighted by Gasteiger charge is 2.29. The molecule has 0 aliphatic heterocycles. The Labute approximate surface area is 131 Å². The van der Waals surface area contributed by atoms with E-state index in [4.69, 9.17) is 5.73 Å². The molecule has 1 aliphatic carbocycles. The van der Waals surface area contributed by atoms with Gasteiger partial charge in [0.2, 0.25) is 0 Å². The Morgan fingerprint density at radius 3 is 2.65 bits per heavy atom. The molecule has 3 unspecified atom stereocenters. The van der Waals surface area contributed by atoms with Gasteiger partial charge in [0.25, 0.3) is 0 Å². The zero-order valence-corrected chi connectivity index (χ0v) is 14.6. The van der Waals surface area contributed by atoms with Crippen molar-refractivity contribution in [3.63, 3.8) is 0 Å². The number of halogens is 1. The molecule has 2 N–H and O–H groups in total. The molecule has 0 radical (unpaired) electrons. The van der Waals surface area contributed by atoms with E-state index in [1.807, 2.05) is 0 Å². The summed E-state index contributed by atoms with van der Waals surface area (Å²) in [5.74, 6) is 1.59. The van der Waals surface area contributed by atoms with Crippen LogP contribution in [0.3, 0.4) is 0 Å². The van der Waals surface area contributed by atoms with Crippen LogP contribution in [0.25, 0.3) is 0 Å². The summed E-state index contributed by atoms with van der Waals surface area (Å²) in [5.41, 5.74) is 8.96. The summed E-state index contributed by atoms with van der Waals surface area (Å²) in [6.07, 6.45) is 7.21. The maximum absolute atomic E-state index is 6.51. The lowest BCUT2D eigenvalue weighted by Crippen LogP contribution is -2.32. The lowest BCUT2D eigenvalue weighted by molar-refractivity contribution is 0.397. The van der Waals surface area contributed by atoms with Crippen molar-refractivity contribution in [1.29, 1.82) is 0 Å². The molecule has 0 saturated heterocycles. The van der Waals surface area contributed by atoms with E-state index in [-0.39, 0.29) is 6.04 Å². The highest BCUT2D eigenvalue weighted by atomic mass is 79.9. The minimum absolute atomic E-state index is 0.273. The van der Waals surface area contributed by atoms with Gasteiger partial charge < -0.3 is 5.73 Å². The molecule has 0 aromatic carbocycles. The second-order valence-electron chi connectivity index (χ2n) is 6.09. The quantitative estimate of drug-likeness (QED) is 0.851. The van der Waals surface area contributed by atoms with Gasteiger partial charge in [0, 0.05) is 19.0 Å². The van der Waals surface area contributed by atoms with Gasteiger partial charge in [-0.15, -0.1) is 0 Å². The molecule has 0 amide bonds. The molecule has 1 saturated carbocycles. The Morgan fingerprint density at radius 2 is 2.10 bits per heavy atom. The number of hydrogen-bond acceptors (Lipinski definition) is 2. The Kier molecular flexibility index (Phi) is 5.67. The molecule has 1 heterocycles. The van der Waals surface area contributed by atoms with Crippen LogP contribution in [0.1, 0.15) is 57.8 Å². The molecule has 0 spiro atoms. The van der Waals surface area contributed by atoms with E-state index in [2.05, 4.69) is 46.5 Å². The number of hydrogen-bond donors (Lipinski definition) is 1. The fourth-order valence-corrected chi connectivity index (χ4v) is 4.20. The standard InChI is InChI=1S/C16H28BrN3/c1-4-11-7-8-12(9-11)13(18)10-15-16(17)14(5-2)19-20(15)6-3/h11-13H,4-10,18H2,1-3H3. The SMILES string of the molecule is CCc1nn(CC)c(CC(N)C2CCC(CC)C2)c1Br. The molecule has 114 valence electrons. The Hall–Kier alpha value is -0.350. The zero-order chi connectivity index (χ0) is 14.7. The lowest BCUT2D eigenvalue weighted by atomic mass is 9.93. The van der Waals surface area contributed by atoms with E-state index in [0.717, 1.165) is 31.0 Å². The molecule has 1 aliphatic rings. The Balaban J connectivity index is 2.07. The average Bonchev–Trinajstić information content (AvgIpc) is 3.05. The first kappa shape index (κ1) is 16.0. The van der Waals surface area contributed by atoms with Crippen LogP contribution in [0.5, 0.6) is 0 Å². The summed E-state index contributed by atoms with van der Waals surface area (Å²) in [6.45, 7) is 7.52. The van der Waals surface area contributed by atoms with E-state index in [0.29, 0.717) is 5.92 Å². The van der Waals surface area contributed by atoms with Crippen molar-refractivity contribution in [1.82, 2.24) is 9.78 Å². The summed E-state index contributed by atoms with van der Waals surface area (Å²) in [4.78, 5) is 0. The lowest BCUT2D eigenvalue weighted by Gasteiger charge is -2.20. The van der Waals surface area contributed by atoms with Crippen molar-refractivity contribution in [3.05, 3.63) is 15.9 Å². The van der Waals surface area contributed by atoms with Gasteiger partial charge in [-0.05, 0) is 54.0 Å². The first-order valence-corrected chi connectivity index (χ1v) is 8.89. The summed E-state index contributed by atoms with van der Waals surface area (Å²) < 4.78 is 3.30. The van der Waals surface area contributed by atoms with Gasteiger partial charge in [-0.2, -0.15) is 5.10 Å². The largest absolute Gasteiger partial charge is 0.327 e. The van der Waals surface area contributed by atoms with E-state index in [9.17, 15) is 0 Å². The normalized spacial score (nSPS) is 24.2. The molecule has 1 fully saturated rings. The van der Waals surface area contributed by atoms with Crippen molar-refractivity contribution in [3.8, 4) is 0 Å². The van der Waals surface area contributed by atoms with Crippen LogP contribution in [0.15, 0.2) is 4.47 Å². The Bertz CT molecular complexity index is 441. The van der Waals surface area contributed by atoms with Crippen LogP contribution in [0.2, 0.25) is 0 Å². The fourth-order valence-electron chi connectivity index (χ4n) is 3.48. The third kappa shape index (κ3) is 3.28. The van der Waals surface area contributed by atoms with Crippen LogP contribution in [-0.4, -0.2) is 15.8 Å². The van der Waals surface area contributed by atoms with E-state index in [1.165, 1.54) is 35.8 Å². The zero-order valence-electron chi connectivity index (χ0n) is 13.0. The molecule has 0 bridgehead atoms. The number of rotatable bonds is 6. The van der Waals surface area contributed by atoms with Crippen molar-refractivity contribution < 1.29 is 0 Å². The van der Waals surface area contributed by atoms with E-state index < -0.39 is 0 Å². The predicted molar refractivity (Wildman–Crippen MR) is 87.8 cm³/mol. The minimum atomic E-state index is 0.273. The van der Waals surface area contributed by atoms with Crippen LogP contribution in [-0.2, 0) is 19.4 Å². The van der Waals surface area contributed by atoms with Crippen LogP contribution < -0.4 is 5.73 Å². The van der Waals surface area contributed by atoms with Gasteiger partial charge >= 0.3 is 0 Å². The van der Waals surface area contributed by atoms with Gasteiger partial charge in [-0.25, -0.2) is 0 Å². The molecule has 3 nitrogen and oxygen atoms in total. The summed E-state index contributed by atoms with van der Waals surface area (Å²) in [6, 6.07) is 0.273. The Morgan fingerprint density at radius 1 is 1.35 bits per heavy atom. The number of aromatic nitrogens is 2. The average molecular weight is 342 g/mol. The van der Waals surface area contributed by atoms with Crippen LogP contribution in [0, 0.1) is 11.8 Å². The number of nitrogens with two attached hydrogens (primary N) is 1. The molecular weight excluding hydrogens is 314 g/mol. The van der Waals surface area contributed by atoms with Crippen molar-refractivity contribution in [2.45, 2.75) is 71.9 Å². The highest BCUT2D eigenvalue weighted by Crippen LogP contribution is 2.36. The summed E-state index contributed by atoms with van der Waals surface area (Å²) >= 11 is 3.73. The van der Waals surface area contributed by atoms with Gasteiger partial charge in [-0.1, -0.05) is 26.7 Å². The second-order valence-corrected chi connectivity index (χ2v) is 6.89. The molecule has 1 aromatic rings. The van der Waals surface area contributed by atoms with E-state index in [1.54, 1.807) is 0 Å². The van der Waals surface area contributed by atoms with Crippen molar-refractivity contribution in [2.24, 2.45) is 17.6 Å². The van der Waals surface area contributed by atoms with Gasteiger partial charge in [0.05, 0.1) is 15.9 Å². The van der Waals surface area contributed by atoms with Gasteiger partial charge in [-0.3, -0.25) is 4.68 Å². The predicted octanol–water partition coefficient (Wildman–Crippen LogP) is 3.92. The van der Waals surface area contributed by atoms with Gasteiger partial charge in [0.15, 0.2) is 0 Å². The summed E-state index contributed by atoms with van der Waals surface area (Å²) in [5, 5.41) is 4.67. The third-order valence-electron chi connectivity index (χ3n) is 4.89. The van der Waals surface area contributed by atoms with E-state index >= 15 is 0 Å². The smallest absolute Gasteiger partial charge is 0.0766 e. The van der Waals surface area contributed by atoms with Crippen LogP contribution >= 0.6 is 15.9 Å². The van der Waals surface area contributed by atoms with Crippen molar-refractivity contribution in [2.75, 3.05) is 0 Å². The summed E-state index contributed by atoms with van der Waals surface area (Å²) in [7, 11) is 0. The maximum atomic E-state index is 6.51. The van der Waals surface area contributed by atoms with Crippen LogP contribution in [0.4, 0.5) is 0 Å². The van der Waals surface area contributed by atoms with Gasteiger partial charge in [0.1, 0.15) is 0 Å². The molecule has 1 aromatic heterocycles. The second kappa shape index (κ2) is 7.08. The first-order valence-electron chi connectivity index (χ1n) is 8.10. The number of aryl methyl sites for hydroxylation is 2. The van der Waals surface area contributed by atoms with Crippen molar-refractivity contribution >= 4 is 15.9 Å². The molecular formula is C16H28BrN3. The monoisotopic (exact) mass is 341 g/mol.